The van der Waals surface area contributed by atoms with Crippen molar-refractivity contribution in [2.24, 2.45) is 5.92 Å². The first-order chi connectivity index (χ1) is 10.3. The van der Waals surface area contributed by atoms with Crippen LogP contribution in [0.1, 0.15) is 29.6 Å². The molecule has 1 saturated heterocycles. The average molecular weight is 329 g/mol. The molecule has 1 aromatic rings. The number of hydrogen-bond acceptors (Lipinski definition) is 4. The average Bonchev–Trinajstić information content (AvgIpc) is 2.54. The zero-order chi connectivity index (χ0) is 15.1. The molecule has 1 aromatic carbocycles. The smallest absolute Gasteiger partial charge is 0.255 e. The fraction of sp³-hybridized carbons (Fsp3) is 0.562. The summed E-state index contributed by atoms with van der Waals surface area (Å²) in [5, 5.41) is 6.36. The van der Waals surface area contributed by atoms with E-state index >= 15 is 0 Å². The van der Waals surface area contributed by atoms with E-state index in [0.29, 0.717) is 29.5 Å². The molecule has 0 bridgehead atoms. The molecule has 1 aliphatic heterocycles. The van der Waals surface area contributed by atoms with Gasteiger partial charge in [-0.05, 0) is 50.4 Å². The van der Waals surface area contributed by atoms with Crippen molar-refractivity contribution in [1.82, 2.24) is 10.6 Å². The first-order valence-corrected chi connectivity index (χ1v) is 7.46. The van der Waals surface area contributed by atoms with E-state index in [-0.39, 0.29) is 18.3 Å². The van der Waals surface area contributed by atoms with Gasteiger partial charge in [0, 0.05) is 6.54 Å². The van der Waals surface area contributed by atoms with Gasteiger partial charge in [-0.1, -0.05) is 6.07 Å². The molecule has 1 unspecified atom stereocenters. The third-order valence-electron chi connectivity index (χ3n) is 3.88. The van der Waals surface area contributed by atoms with Gasteiger partial charge in [0.15, 0.2) is 11.5 Å². The Kier molecular flexibility index (Phi) is 8.06. The topological polar surface area (TPSA) is 59.6 Å². The van der Waals surface area contributed by atoms with E-state index in [1.54, 1.807) is 32.4 Å². The van der Waals surface area contributed by atoms with Gasteiger partial charge in [-0.15, -0.1) is 12.4 Å². The maximum Gasteiger partial charge on any atom is 0.255 e. The molecule has 2 N–H and O–H groups in total. The number of rotatable bonds is 6. The Hall–Kier alpha value is -1.46. The summed E-state index contributed by atoms with van der Waals surface area (Å²) in [4.78, 5) is 12.3. The lowest BCUT2D eigenvalue weighted by Crippen LogP contribution is -2.33. The van der Waals surface area contributed by atoms with Crippen molar-refractivity contribution >= 4 is 18.3 Å². The van der Waals surface area contributed by atoms with Gasteiger partial charge in [0.2, 0.25) is 0 Å². The van der Waals surface area contributed by atoms with Crippen molar-refractivity contribution < 1.29 is 14.3 Å². The maximum absolute atomic E-state index is 12.3. The van der Waals surface area contributed by atoms with Gasteiger partial charge >= 0.3 is 0 Å². The second-order valence-corrected chi connectivity index (χ2v) is 5.30. The van der Waals surface area contributed by atoms with E-state index in [1.807, 2.05) is 0 Å². The van der Waals surface area contributed by atoms with Crippen LogP contribution in [0.15, 0.2) is 18.2 Å². The van der Waals surface area contributed by atoms with Crippen LogP contribution >= 0.6 is 12.4 Å². The number of benzene rings is 1. The Morgan fingerprint density at radius 1 is 1.36 bits per heavy atom. The molecule has 124 valence electrons. The second kappa shape index (κ2) is 9.54. The van der Waals surface area contributed by atoms with Crippen molar-refractivity contribution in [3.63, 3.8) is 0 Å². The first-order valence-electron chi connectivity index (χ1n) is 7.46. The van der Waals surface area contributed by atoms with Crippen molar-refractivity contribution in [2.75, 3.05) is 33.9 Å². The minimum absolute atomic E-state index is 0. The maximum atomic E-state index is 12.3. The summed E-state index contributed by atoms with van der Waals surface area (Å²) in [5.41, 5.74) is 0.513. The Morgan fingerprint density at radius 3 is 2.82 bits per heavy atom. The summed E-state index contributed by atoms with van der Waals surface area (Å²) in [7, 11) is 3.11. The lowest BCUT2D eigenvalue weighted by atomic mass is 9.96. The molecule has 2 rings (SSSR count). The van der Waals surface area contributed by atoms with E-state index < -0.39 is 0 Å². The highest BCUT2D eigenvalue weighted by atomic mass is 35.5. The normalized spacial score (nSPS) is 17.3. The number of methoxy groups -OCH3 is 2. The molecule has 1 aliphatic rings. The highest BCUT2D eigenvalue weighted by Gasteiger charge is 2.17. The van der Waals surface area contributed by atoms with E-state index in [9.17, 15) is 4.79 Å². The Labute approximate surface area is 138 Å². The van der Waals surface area contributed by atoms with Crippen LogP contribution in [-0.4, -0.2) is 39.8 Å². The lowest BCUT2D eigenvalue weighted by molar-refractivity contribution is 0.0947. The van der Waals surface area contributed by atoms with E-state index in [0.717, 1.165) is 19.5 Å². The quantitative estimate of drug-likeness (QED) is 0.841. The molecule has 1 fully saturated rings. The largest absolute Gasteiger partial charge is 0.493 e. The van der Waals surface area contributed by atoms with Crippen molar-refractivity contribution in [2.45, 2.75) is 19.3 Å². The van der Waals surface area contributed by atoms with Crippen molar-refractivity contribution in [3.8, 4) is 11.5 Å². The van der Waals surface area contributed by atoms with Gasteiger partial charge in [0.05, 0.1) is 19.8 Å². The molecule has 22 heavy (non-hydrogen) atoms. The molecule has 1 amide bonds. The number of nitrogens with one attached hydrogen (secondary N) is 2. The highest BCUT2D eigenvalue weighted by molar-refractivity contribution is 5.97. The van der Waals surface area contributed by atoms with Gasteiger partial charge < -0.3 is 20.1 Å². The zero-order valence-corrected chi connectivity index (χ0v) is 14.0. The van der Waals surface area contributed by atoms with Gasteiger partial charge in [0.1, 0.15) is 0 Å². The first kappa shape index (κ1) is 18.6. The Bertz CT molecular complexity index is 476. The fourth-order valence-electron chi connectivity index (χ4n) is 2.72. The highest BCUT2D eigenvalue weighted by Crippen LogP contribution is 2.30. The molecule has 0 aliphatic carbocycles. The molecular formula is C16H25ClN2O3. The summed E-state index contributed by atoms with van der Waals surface area (Å²) in [6.45, 7) is 2.85. The third-order valence-corrected chi connectivity index (χ3v) is 3.88. The van der Waals surface area contributed by atoms with E-state index in [1.165, 1.54) is 12.8 Å². The van der Waals surface area contributed by atoms with Crippen LogP contribution < -0.4 is 20.1 Å². The molecule has 0 aromatic heterocycles. The van der Waals surface area contributed by atoms with Crippen LogP contribution in [0.4, 0.5) is 0 Å². The molecule has 5 nitrogen and oxygen atoms in total. The molecule has 6 heteroatoms. The van der Waals surface area contributed by atoms with Crippen LogP contribution in [-0.2, 0) is 0 Å². The minimum Gasteiger partial charge on any atom is -0.493 e. The minimum atomic E-state index is -0.116. The lowest BCUT2D eigenvalue weighted by Gasteiger charge is -2.22. The van der Waals surface area contributed by atoms with Gasteiger partial charge in [-0.3, -0.25) is 4.79 Å². The van der Waals surface area contributed by atoms with Crippen LogP contribution in [0.2, 0.25) is 0 Å². The summed E-state index contributed by atoms with van der Waals surface area (Å²) in [6, 6.07) is 5.32. The SMILES string of the molecule is COc1cccc(C(=O)NCCC2CCCNC2)c1OC.Cl. The van der Waals surface area contributed by atoms with Crippen LogP contribution in [0.5, 0.6) is 11.5 Å². The van der Waals surface area contributed by atoms with Crippen LogP contribution in [0, 0.1) is 5.92 Å². The van der Waals surface area contributed by atoms with Crippen LogP contribution in [0.25, 0.3) is 0 Å². The Morgan fingerprint density at radius 2 is 2.18 bits per heavy atom. The van der Waals surface area contributed by atoms with E-state index in [2.05, 4.69) is 10.6 Å². The summed E-state index contributed by atoms with van der Waals surface area (Å²) < 4.78 is 10.5. The number of ether oxygens (including phenoxy) is 2. The Balaban J connectivity index is 0.00000242. The third kappa shape index (κ3) is 4.78. The predicted octanol–water partition coefficient (Wildman–Crippen LogP) is 2.25. The van der Waals surface area contributed by atoms with E-state index in [4.69, 9.17) is 9.47 Å². The molecule has 1 heterocycles. The molecule has 1 atom stereocenters. The second-order valence-electron chi connectivity index (χ2n) is 5.30. The van der Waals surface area contributed by atoms with Gasteiger partial charge in [-0.2, -0.15) is 0 Å². The number of hydrogen-bond donors (Lipinski definition) is 2. The fourth-order valence-corrected chi connectivity index (χ4v) is 2.72. The zero-order valence-electron chi connectivity index (χ0n) is 13.2. The molecule has 0 saturated carbocycles. The van der Waals surface area contributed by atoms with Gasteiger partial charge in [-0.25, -0.2) is 0 Å². The van der Waals surface area contributed by atoms with Crippen molar-refractivity contribution in [3.05, 3.63) is 23.8 Å². The number of piperidine rings is 1. The standard InChI is InChI=1S/C16H24N2O3.ClH/c1-20-14-7-3-6-13(15(14)21-2)16(19)18-10-8-12-5-4-9-17-11-12;/h3,6-7,12,17H,4-5,8-11H2,1-2H3,(H,18,19);1H. The predicted molar refractivity (Wildman–Crippen MR) is 89.3 cm³/mol. The van der Waals surface area contributed by atoms with Crippen LogP contribution in [0.3, 0.4) is 0 Å². The summed E-state index contributed by atoms with van der Waals surface area (Å²) in [5.74, 6) is 1.60. The summed E-state index contributed by atoms with van der Waals surface area (Å²) >= 11 is 0. The summed E-state index contributed by atoms with van der Waals surface area (Å²) in [6.07, 6.45) is 3.47. The van der Waals surface area contributed by atoms with Gasteiger partial charge in [0.25, 0.3) is 5.91 Å². The van der Waals surface area contributed by atoms with Crippen molar-refractivity contribution in [1.29, 1.82) is 0 Å². The number of para-hydroxylation sites is 1. The molecular weight excluding hydrogens is 304 g/mol. The monoisotopic (exact) mass is 328 g/mol. The number of halogens is 1. The number of carbonyl (C=O) groups is 1. The molecule has 0 spiro atoms. The number of amides is 1. The number of carbonyl (C=O) groups excluding carboxylic acids is 1. The molecule has 0 radical (unpaired) electrons.